The van der Waals surface area contributed by atoms with Crippen molar-refractivity contribution in [3.05, 3.63) is 36.2 Å². The van der Waals surface area contributed by atoms with Gasteiger partial charge in [0.25, 0.3) is 0 Å². The molecule has 15 heavy (non-hydrogen) atoms. The first-order valence-electron chi connectivity index (χ1n) is 5.91. The van der Waals surface area contributed by atoms with Gasteiger partial charge in [-0.1, -0.05) is 19.1 Å². The Kier molecular flexibility index (Phi) is 3.62. The van der Waals surface area contributed by atoms with Crippen LogP contribution in [0.1, 0.15) is 31.7 Å². The van der Waals surface area contributed by atoms with Crippen molar-refractivity contribution in [3.63, 3.8) is 0 Å². The van der Waals surface area contributed by atoms with Crippen molar-refractivity contribution in [2.45, 2.75) is 45.3 Å². The topological polar surface area (TPSA) is 17.0 Å². The summed E-state index contributed by atoms with van der Waals surface area (Å²) < 4.78 is 2.27. The lowest BCUT2D eigenvalue weighted by molar-refractivity contribution is 0.537. The van der Waals surface area contributed by atoms with Crippen LogP contribution in [0, 0.1) is 0 Å². The third kappa shape index (κ3) is 2.96. The van der Waals surface area contributed by atoms with Gasteiger partial charge in [-0.15, -0.1) is 0 Å². The van der Waals surface area contributed by atoms with Crippen molar-refractivity contribution in [2.75, 3.05) is 0 Å². The van der Waals surface area contributed by atoms with Gasteiger partial charge in [0.2, 0.25) is 0 Å². The molecule has 0 amide bonds. The van der Waals surface area contributed by atoms with Crippen molar-refractivity contribution in [2.24, 2.45) is 0 Å². The maximum atomic E-state index is 3.58. The molecule has 1 heterocycles. The molecule has 0 fully saturated rings. The van der Waals surface area contributed by atoms with Gasteiger partial charge in [-0.2, -0.15) is 0 Å². The Morgan fingerprint density at radius 1 is 1.40 bits per heavy atom. The third-order valence-corrected chi connectivity index (χ3v) is 2.90. The second-order valence-corrected chi connectivity index (χ2v) is 4.28. The summed E-state index contributed by atoms with van der Waals surface area (Å²) in [6.45, 7) is 4.34. The molecule has 0 radical (unpaired) electrons. The molecular weight excluding hydrogens is 184 g/mol. The molecule has 0 aliphatic heterocycles. The zero-order valence-electron chi connectivity index (χ0n) is 9.45. The van der Waals surface area contributed by atoms with Crippen LogP contribution < -0.4 is 5.32 Å². The molecule has 1 aliphatic rings. The van der Waals surface area contributed by atoms with Crippen molar-refractivity contribution in [1.29, 1.82) is 0 Å². The minimum Gasteiger partial charge on any atom is -0.354 e. The van der Waals surface area contributed by atoms with Crippen molar-refractivity contribution in [1.82, 2.24) is 9.88 Å². The molecule has 2 heteroatoms. The van der Waals surface area contributed by atoms with E-state index in [0.29, 0.717) is 6.04 Å². The number of aryl methyl sites for hydroxylation is 1. The zero-order valence-corrected chi connectivity index (χ0v) is 9.45. The highest BCUT2D eigenvalue weighted by atomic mass is 15.0. The normalized spacial score (nSPS) is 16.3. The lowest BCUT2D eigenvalue weighted by Crippen LogP contribution is -2.25. The second-order valence-electron chi connectivity index (χ2n) is 4.28. The van der Waals surface area contributed by atoms with Crippen LogP contribution in [0.2, 0.25) is 0 Å². The Balaban J connectivity index is 1.77. The van der Waals surface area contributed by atoms with E-state index in [1.54, 1.807) is 0 Å². The molecule has 1 N–H and O–H groups in total. The number of rotatable bonds is 5. The highest BCUT2D eigenvalue weighted by Crippen LogP contribution is 2.10. The molecule has 0 unspecified atom stereocenters. The van der Waals surface area contributed by atoms with Gasteiger partial charge >= 0.3 is 0 Å². The second kappa shape index (κ2) is 5.17. The van der Waals surface area contributed by atoms with E-state index in [1.165, 1.54) is 24.8 Å². The van der Waals surface area contributed by atoms with Crippen LogP contribution in [0.25, 0.3) is 0 Å². The molecule has 0 saturated heterocycles. The Morgan fingerprint density at radius 2 is 2.20 bits per heavy atom. The van der Waals surface area contributed by atoms with Crippen LogP contribution in [0.5, 0.6) is 0 Å². The molecule has 0 saturated carbocycles. The molecule has 1 aromatic heterocycles. The van der Waals surface area contributed by atoms with E-state index in [9.17, 15) is 0 Å². The third-order valence-electron chi connectivity index (χ3n) is 2.90. The molecule has 1 aromatic rings. The summed E-state index contributed by atoms with van der Waals surface area (Å²) in [6.07, 6.45) is 12.5. The van der Waals surface area contributed by atoms with Gasteiger partial charge in [0.1, 0.15) is 0 Å². The number of nitrogens with one attached hydrogen (secondary N) is 1. The van der Waals surface area contributed by atoms with Crippen LogP contribution >= 0.6 is 0 Å². The fourth-order valence-corrected chi connectivity index (χ4v) is 2.04. The van der Waals surface area contributed by atoms with Gasteiger partial charge in [0.15, 0.2) is 0 Å². The Hall–Kier alpha value is -1.02. The average molecular weight is 204 g/mol. The Labute approximate surface area is 92.0 Å². The van der Waals surface area contributed by atoms with Gasteiger partial charge in [0, 0.05) is 31.5 Å². The van der Waals surface area contributed by atoms with Crippen LogP contribution in [-0.4, -0.2) is 10.6 Å². The van der Waals surface area contributed by atoms with Gasteiger partial charge < -0.3 is 9.88 Å². The van der Waals surface area contributed by atoms with Gasteiger partial charge in [0.05, 0.1) is 0 Å². The van der Waals surface area contributed by atoms with Crippen LogP contribution in [0.15, 0.2) is 30.6 Å². The molecule has 0 aromatic carbocycles. The molecular formula is C13H20N2. The predicted molar refractivity (Wildman–Crippen MR) is 63.7 cm³/mol. The quantitative estimate of drug-likeness (QED) is 0.730. The minimum absolute atomic E-state index is 0.666. The fourth-order valence-electron chi connectivity index (χ4n) is 2.04. The maximum absolute atomic E-state index is 3.58. The van der Waals surface area contributed by atoms with Crippen LogP contribution in [0.3, 0.4) is 0 Å². The first-order chi connectivity index (χ1) is 7.38. The number of aromatic nitrogens is 1. The van der Waals surface area contributed by atoms with E-state index >= 15 is 0 Å². The van der Waals surface area contributed by atoms with Crippen LogP contribution in [-0.2, 0) is 13.1 Å². The summed E-state index contributed by atoms with van der Waals surface area (Å²) in [5.74, 6) is 0. The molecule has 0 atom stereocenters. The van der Waals surface area contributed by atoms with E-state index < -0.39 is 0 Å². The first kappa shape index (κ1) is 10.5. The Bertz CT molecular complexity index is 317. The van der Waals surface area contributed by atoms with Gasteiger partial charge in [-0.05, 0) is 30.9 Å². The standard InChI is InChI=1S/C13H20N2/c1-2-8-15-9-7-12(11-15)10-14-13-5-3-4-6-13/h3-4,7,9,11,13-14H,2,5-6,8,10H2,1H3. The molecule has 1 aliphatic carbocycles. The van der Waals surface area contributed by atoms with Gasteiger partial charge in [-0.25, -0.2) is 0 Å². The van der Waals surface area contributed by atoms with E-state index in [4.69, 9.17) is 0 Å². The highest BCUT2D eigenvalue weighted by Gasteiger charge is 2.08. The summed E-state index contributed by atoms with van der Waals surface area (Å²) >= 11 is 0. The molecule has 2 nitrogen and oxygen atoms in total. The first-order valence-corrected chi connectivity index (χ1v) is 5.91. The SMILES string of the molecule is CCCn1ccc(CNC2CC=CC2)c1. The van der Waals surface area contributed by atoms with Crippen molar-refractivity contribution < 1.29 is 0 Å². The summed E-state index contributed by atoms with van der Waals surface area (Å²) in [5, 5.41) is 3.58. The predicted octanol–water partition coefficient (Wildman–Crippen LogP) is 2.71. The molecule has 0 spiro atoms. The summed E-state index contributed by atoms with van der Waals surface area (Å²) in [7, 11) is 0. The lowest BCUT2D eigenvalue weighted by Gasteiger charge is -2.10. The number of hydrogen-bond acceptors (Lipinski definition) is 1. The zero-order chi connectivity index (χ0) is 10.5. The van der Waals surface area contributed by atoms with Crippen molar-refractivity contribution >= 4 is 0 Å². The summed E-state index contributed by atoms with van der Waals surface area (Å²) in [4.78, 5) is 0. The highest BCUT2D eigenvalue weighted by molar-refractivity contribution is 5.10. The lowest BCUT2D eigenvalue weighted by atomic mass is 10.2. The molecule has 0 bridgehead atoms. The maximum Gasteiger partial charge on any atom is 0.0223 e. The van der Waals surface area contributed by atoms with E-state index in [2.05, 4.69) is 47.4 Å². The van der Waals surface area contributed by atoms with E-state index in [0.717, 1.165) is 13.1 Å². The van der Waals surface area contributed by atoms with Crippen molar-refractivity contribution in [3.8, 4) is 0 Å². The smallest absolute Gasteiger partial charge is 0.0223 e. The largest absolute Gasteiger partial charge is 0.354 e. The average Bonchev–Trinajstić information content (AvgIpc) is 2.85. The minimum atomic E-state index is 0.666. The number of hydrogen-bond donors (Lipinski definition) is 1. The fraction of sp³-hybridized carbons (Fsp3) is 0.538. The Morgan fingerprint density at radius 3 is 2.93 bits per heavy atom. The van der Waals surface area contributed by atoms with E-state index in [1.807, 2.05) is 0 Å². The van der Waals surface area contributed by atoms with Gasteiger partial charge in [-0.3, -0.25) is 0 Å². The number of nitrogens with zero attached hydrogens (tertiary/aromatic N) is 1. The molecule has 82 valence electrons. The molecule has 2 rings (SSSR count). The van der Waals surface area contributed by atoms with E-state index in [-0.39, 0.29) is 0 Å². The monoisotopic (exact) mass is 204 g/mol. The van der Waals surface area contributed by atoms with Crippen LogP contribution in [0.4, 0.5) is 0 Å². The summed E-state index contributed by atoms with van der Waals surface area (Å²) in [6, 6.07) is 2.88. The summed E-state index contributed by atoms with van der Waals surface area (Å²) in [5.41, 5.74) is 1.40.